The van der Waals surface area contributed by atoms with Crippen molar-refractivity contribution in [2.75, 3.05) is 13.7 Å². The summed E-state index contributed by atoms with van der Waals surface area (Å²) >= 11 is 0. The molecule has 7 nitrogen and oxygen atoms in total. The number of amides is 3. The highest BCUT2D eigenvalue weighted by Crippen LogP contribution is 2.50. The molecule has 0 spiro atoms. The quantitative estimate of drug-likeness (QED) is 0.505. The number of rotatable bonds is 6. The Morgan fingerprint density at radius 2 is 1.91 bits per heavy atom. The van der Waals surface area contributed by atoms with Crippen molar-refractivity contribution in [1.29, 1.82) is 0 Å². The van der Waals surface area contributed by atoms with Gasteiger partial charge in [-0.25, -0.2) is 4.79 Å². The Morgan fingerprint density at radius 1 is 1.18 bits per heavy atom. The summed E-state index contributed by atoms with van der Waals surface area (Å²) < 4.78 is 10.9. The van der Waals surface area contributed by atoms with E-state index < -0.39 is 29.7 Å². The van der Waals surface area contributed by atoms with Crippen LogP contribution in [-0.2, 0) is 19.1 Å². The Bertz CT molecular complexity index is 1010. The third-order valence-electron chi connectivity index (χ3n) is 7.24. The number of allylic oxidation sites excluding steroid dienone is 2. The Morgan fingerprint density at radius 3 is 2.55 bits per heavy atom. The second-order valence-electron chi connectivity index (χ2n) is 8.95. The monoisotopic (exact) mass is 453 g/mol. The highest BCUT2D eigenvalue weighted by atomic mass is 16.5. The predicted octanol–water partition coefficient (Wildman–Crippen LogP) is 4.46. The van der Waals surface area contributed by atoms with Crippen LogP contribution in [0.5, 0.6) is 5.75 Å². The lowest BCUT2D eigenvalue weighted by atomic mass is 9.69. The van der Waals surface area contributed by atoms with Gasteiger partial charge >= 0.3 is 6.09 Å². The Labute approximate surface area is 194 Å². The van der Waals surface area contributed by atoms with Gasteiger partial charge in [-0.1, -0.05) is 43.2 Å². The molecule has 1 aliphatic carbocycles. The molecule has 4 atom stereocenters. The number of carbonyl (C=O) groups is 3. The van der Waals surface area contributed by atoms with Gasteiger partial charge in [-0.05, 0) is 55.4 Å². The maximum absolute atomic E-state index is 13.0. The molecule has 0 radical (unpaired) electrons. The molecular weight excluding hydrogens is 422 g/mol. The number of methoxy groups -OCH3 is 1. The van der Waals surface area contributed by atoms with Crippen LogP contribution in [0.15, 0.2) is 41.0 Å². The van der Waals surface area contributed by atoms with Gasteiger partial charge in [-0.2, -0.15) is 4.90 Å². The number of hydrogen-bond donors (Lipinski definition) is 1. The van der Waals surface area contributed by atoms with Crippen LogP contribution in [0.1, 0.15) is 51.5 Å². The Hall–Kier alpha value is -2.93. The fraction of sp³-hybridized carbons (Fsp3) is 0.500. The van der Waals surface area contributed by atoms with Crippen molar-refractivity contribution in [3.8, 4) is 5.75 Å². The number of nitrogens with zero attached hydrogens (tertiary/aromatic N) is 1. The van der Waals surface area contributed by atoms with Crippen LogP contribution in [0.3, 0.4) is 0 Å². The van der Waals surface area contributed by atoms with E-state index in [2.05, 4.69) is 24.7 Å². The largest absolute Gasteiger partial charge is 0.508 e. The summed E-state index contributed by atoms with van der Waals surface area (Å²) in [6.07, 6.45) is 5.00. The number of phenolic OH excluding ortho intramolecular Hbond substituents is 1. The van der Waals surface area contributed by atoms with Gasteiger partial charge in [0.2, 0.25) is 11.8 Å². The molecule has 33 heavy (non-hydrogen) atoms. The van der Waals surface area contributed by atoms with Crippen LogP contribution in [-0.4, -0.2) is 47.7 Å². The molecule has 2 heterocycles. The lowest BCUT2D eigenvalue weighted by Gasteiger charge is -2.31. The van der Waals surface area contributed by atoms with E-state index in [9.17, 15) is 19.5 Å². The Balaban J connectivity index is 1.53. The number of benzene rings is 1. The van der Waals surface area contributed by atoms with Crippen molar-refractivity contribution in [2.45, 2.75) is 52.1 Å². The number of carbonyl (C=O) groups excluding carboxylic acids is 3. The van der Waals surface area contributed by atoms with Crippen molar-refractivity contribution in [1.82, 2.24) is 4.90 Å². The van der Waals surface area contributed by atoms with E-state index in [-0.39, 0.29) is 17.8 Å². The number of imide groups is 3. The fourth-order valence-corrected chi connectivity index (χ4v) is 5.56. The summed E-state index contributed by atoms with van der Waals surface area (Å²) in [5, 5.41) is 9.50. The molecule has 7 heteroatoms. The number of fused-ring (bicyclic) bond motifs is 3. The number of hydrogen-bond acceptors (Lipinski definition) is 6. The van der Waals surface area contributed by atoms with E-state index >= 15 is 0 Å². The molecule has 1 aromatic carbocycles. The van der Waals surface area contributed by atoms with Crippen molar-refractivity contribution < 1.29 is 29.0 Å². The number of aromatic hydroxyl groups is 1. The van der Waals surface area contributed by atoms with Crippen molar-refractivity contribution in [3.05, 3.63) is 46.5 Å². The molecular formula is C26H31NO6. The number of ether oxygens (including phenoxy) is 2. The van der Waals surface area contributed by atoms with E-state index in [1.165, 1.54) is 18.3 Å². The second kappa shape index (κ2) is 9.51. The lowest BCUT2D eigenvalue weighted by molar-refractivity contribution is -0.137. The highest BCUT2D eigenvalue weighted by Gasteiger charge is 2.58. The molecule has 0 bridgehead atoms. The van der Waals surface area contributed by atoms with Crippen LogP contribution < -0.4 is 0 Å². The maximum Gasteiger partial charge on any atom is 0.423 e. The van der Waals surface area contributed by atoms with Gasteiger partial charge in [0.1, 0.15) is 5.75 Å². The predicted molar refractivity (Wildman–Crippen MR) is 122 cm³/mol. The summed E-state index contributed by atoms with van der Waals surface area (Å²) in [5.74, 6) is -1.89. The normalized spacial score (nSPS) is 27.1. The van der Waals surface area contributed by atoms with E-state index in [4.69, 9.17) is 4.74 Å². The molecule has 1 N–H and O–H groups in total. The number of likely N-dealkylation sites (tertiary alicyclic amines) is 1. The standard InChI is InChI=1S/C26H31NO6/c1-4-15(12-16-6-9-18(28)10-7-16)8-11-21-22-17(5-2)13-19-23(20(22)14-33-21)25(30)27(24(19)29)26(31)32-3/h6-7,9-10,12,19-21,23,28H,4-5,8,11,13-14H2,1-3H3/b15-12+/t19-,20+,21-,23-/m1/s1. The SMILES string of the molecule is CCC1=C2[C@@H](CC/C(=C/c3ccc(O)cc3)CC)OC[C@@H]2[C@@H]2C(=O)N(C(=O)OC)C(=O)[C@@H]2C1. The average molecular weight is 454 g/mol. The lowest BCUT2D eigenvalue weighted by Crippen LogP contribution is -2.38. The first-order valence-corrected chi connectivity index (χ1v) is 11.7. The number of phenols is 1. The third kappa shape index (κ3) is 4.22. The fourth-order valence-electron chi connectivity index (χ4n) is 5.56. The summed E-state index contributed by atoms with van der Waals surface area (Å²) in [5.41, 5.74) is 4.66. The zero-order valence-electron chi connectivity index (χ0n) is 19.4. The third-order valence-corrected chi connectivity index (χ3v) is 7.24. The maximum atomic E-state index is 13.0. The molecule has 0 aromatic heterocycles. The molecule has 1 aromatic rings. The first-order chi connectivity index (χ1) is 15.9. The van der Waals surface area contributed by atoms with Crippen molar-refractivity contribution in [2.24, 2.45) is 17.8 Å². The molecule has 0 saturated carbocycles. The zero-order chi connectivity index (χ0) is 23.7. The van der Waals surface area contributed by atoms with Crippen molar-refractivity contribution in [3.63, 3.8) is 0 Å². The summed E-state index contributed by atoms with van der Waals surface area (Å²) in [7, 11) is 1.18. The summed E-state index contributed by atoms with van der Waals surface area (Å²) in [6.45, 7) is 4.58. The van der Waals surface area contributed by atoms with Crippen LogP contribution in [0.2, 0.25) is 0 Å². The van der Waals surface area contributed by atoms with Gasteiger partial charge in [-0.3, -0.25) is 9.59 Å². The van der Waals surface area contributed by atoms with Gasteiger partial charge in [0.15, 0.2) is 0 Å². The van der Waals surface area contributed by atoms with Gasteiger partial charge in [0.05, 0.1) is 31.7 Å². The zero-order valence-corrected chi connectivity index (χ0v) is 19.4. The van der Waals surface area contributed by atoms with Crippen LogP contribution in [0, 0.1) is 17.8 Å². The molecule has 2 saturated heterocycles. The second-order valence-corrected chi connectivity index (χ2v) is 8.95. The minimum Gasteiger partial charge on any atom is -0.508 e. The van der Waals surface area contributed by atoms with Crippen molar-refractivity contribution >= 4 is 24.0 Å². The molecule has 3 aliphatic rings. The van der Waals surface area contributed by atoms with E-state index in [1.807, 2.05) is 12.1 Å². The van der Waals surface area contributed by atoms with Gasteiger partial charge in [-0.15, -0.1) is 0 Å². The summed E-state index contributed by atoms with van der Waals surface area (Å²) in [4.78, 5) is 38.6. The van der Waals surface area contributed by atoms with Crippen LogP contribution in [0.4, 0.5) is 4.79 Å². The van der Waals surface area contributed by atoms with E-state index in [0.29, 0.717) is 17.9 Å². The topological polar surface area (TPSA) is 93.1 Å². The van der Waals surface area contributed by atoms with Gasteiger partial charge in [0.25, 0.3) is 0 Å². The minimum atomic E-state index is -0.901. The average Bonchev–Trinajstić information content (AvgIpc) is 3.35. The van der Waals surface area contributed by atoms with Gasteiger partial charge < -0.3 is 14.6 Å². The first kappa shape index (κ1) is 23.2. The highest BCUT2D eigenvalue weighted by molar-refractivity contribution is 6.16. The van der Waals surface area contributed by atoms with E-state index in [1.54, 1.807) is 12.1 Å². The smallest absolute Gasteiger partial charge is 0.423 e. The van der Waals surface area contributed by atoms with Crippen LogP contribution in [0.25, 0.3) is 6.08 Å². The van der Waals surface area contributed by atoms with Gasteiger partial charge in [0, 0.05) is 5.92 Å². The molecule has 2 aliphatic heterocycles. The summed E-state index contributed by atoms with van der Waals surface area (Å²) in [6, 6.07) is 7.14. The Kier molecular flexibility index (Phi) is 6.70. The van der Waals surface area contributed by atoms with E-state index in [0.717, 1.165) is 36.8 Å². The molecule has 2 fully saturated rings. The molecule has 176 valence electrons. The molecule has 4 rings (SSSR count). The first-order valence-electron chi connectivity index (χ1n) is 11.7. The van der Waals surface area contributed by atoms with Crippen LogP contribution >= 0.6 is 0 Å². The minimum absolute atomic E-state index is 0.0873. The molecule has 3 amide bonds. The molecule has 0 unspecified atom stereocenters.